The Kier molecular flexibility index (Phi) is 4.19. The molecule has 1 aliphatic heterocycles. The highest BCUT2D eigenvalue weighted by atomic mass is 16.2. The summed E-state index contributed by atoms with van der Waals surface area (Å²) in [4.78, 5) is 27.3. The van der Waals surface area contributed by atoms with E-state index in [0.717, 1.165) is 33.8 Å². The fourth-order valence-electron chi connectivity index (χ4n) is 4.24. The number of para-hydroxylation sites is 2. The zero-order valence-corrected chi connectivity index (χ0v) is 16.5. The molecule has 1 amide bonds. The SMILES string of the molecule is Cc1nc2ccccc2n1CCC(=O)N1Cc2[nH]cnc2C(c2cnn(C)c2)C1. The van der Waals surface area contributed by atoms with E-state index in [1.807, 2.05) is 49.5 Å². The van der Waals surface area contributed by atoms with Gasteiger partial charge in [0.15, 0.2) is 0 Å². The molecule has 4 heterocycles. The molecule has 4 aromatic rings. The van der Waals surface area contributed by atoms with Gasteiger partial charge in [-0.2, -0.15) is 5.10 Å². The lowest BCUT2D eigenvalue weighted by Crippen LogP contribution is -2.39. The minimum Gasteiger partial charge on any atom is -0.347 e. The number of benzene rings is 1. The Morgan fingerprint density at radius 3 is 3.00 bits per heavy atom. The van der Waals surface area contributed by atoms with Crippen LogP contribution >= 0.6 is 0 Å². The van der Waals surface area contributed by atoms with Crippen LogP contribution < -0.4 is 0 Å². The van der Waals surface area contributed by atoms with Crippen molar-refractivity contribution in [3.63, 3.8) is 0 Å². The highest BCUT2D eigenvalue weighted by Crippen LogP contribution is 2.31. The molecule has 8 heteroatoms. The van der Waals surface area contributed by atoms with Gasteiger partial charge >= 0.3 is 0 Å². The molecule has 148 valence electrons. The van der Waals surface area contributed by atoms with E-state index in [-0.39, 0.29) is 11.8 Å². The molecule has 1 aliphatic rings. The second-order valence-corrected chi connectivity index (χ2v) is 7.59. The molecule has 1 unspecified atom stereocenters. The van der Waals surface area contributed by atoms with Crippen molar-refractivity contribution >= 4 is 16.9 Å². The quantitative estimate of drug-likeness (QED) is 0.581. The number of aromatic nitrogens is 6. The van der Waals surface area contributed by atoms with E-state index in [0.29, 0.717) is 26.1 Å². The molecule has 0 fully saturated rings. The van der Waals surface area contributed by atoms with Crippen molar-refractivity contribution in [2.45, 2.75) is 32.4 Å². The van der Waals surface area contributed by atoms with Crippen molar-refractivity contribution in [3.05, 3.63) is 65.8 Å². The average Bonchev–Trinajstić information content (AvgIpc) is 3.43. The predicted molar refractivity (Wildman–Crippen MR) is 108 cm³/mol. The third kappa shape index (κ3) is 3.10. The number of nitrogens with one attached hydrogen (secondary N) is 1. The minimum atomic E-state index is 0.0402. The summed E-state index contributed by atoms with van der Waals surface area (Å²) >= 11 is 0. The van der Waals surface area contributed by atoms with Gasteiger partial charge in [-0.1, -0.05) is 12.1 Å². The first-order valence-electron chi connectivity index (χ1n) is 9.80. The lowest BCUT2D eigenvalue weighted by Gasteiger charge is -2.32. The smallest absolute Gasteiger partial charge is 0.224 e. The van der Waals surface area contributed by atoms with Crippen molar-refractivity contribution in [2.75, 3.05) is 6.54 Å². The van der Waals surface area contributed by atoms with Crippen molar-refractivity contribution in [1.82, 2.24) is 34.2 Å². The molecule has 1 N–H and O–H groups in total. The molecular formula is C21H23N7O. The molecule has 8 nitrogen and oxygen atoms in total. The molecule has 1 atom stereocenters. The Labute approximate surface area is 168 Å². The van der Waals surface area contributed by atoms with Gasteiger partial charge in [0.1, 0.15) is 5.82 Å². The molecule has 3 aromatic heterocycles. The Balaban J connectivity index is 1.35. The minimum absolute atomic E-state index is 0.0402. The number of aryl methyl sites for hydroxylation is 3. The van der Waals surface area contributed by atoms with Crippen molar-refractivity contribution in [1.29, 1.82) is 0 Å². The molecule has 0 saturated carbocycles. The van der Waals surface area contributed by atoms with Crippen LogP contribution in [0, 0.1) is 6.92 Å². The number of fused-ring (bicyclic) bond motifs is 2. The number of hydrogen-bond acceptors (Lipinski definition) is 4. The first-order chi connectivity index (χ1) is 14.1. The standard InChI is InChI=1S/C21H23N7O/c1-14-25-17-5-3-4-6-19(17)28(14)8-7-20(29)27-11-16(15-9-24-26(2)10-15)21-18(12-27)22-13-23-21/h3-6,9-10,13,16H,7-8,11-12H2,1-2H3,(H,22,23). The van der Waals surface area contributed by atoms with Crippen LogP contribution in [0.3, 0.4) is 0 Å². The summed E-state index contributed by atoms with van der Waals surface area (Å²) in [6.07, 6.45) is 6.00. The summed E-state index contributed by atoms with van der Waals surface area (Å²) in [5, 5.41) is 4.29. The van der Waals surface area contributed by atoms with Crippen LogP contribution in [-0.4, -0.2) is 46.7 Å². The average molecular weight is 389 g/mol. The predicted octanol–water partition coefficient (Wildman–Crippen LogP) is 2.37. The van der Waals surface area contributed by atoms with Gasteiger partial charge in [-0.3, -0.25) is 9.48 Å². The summed E-state index contributed by atoms with van der Waals surface area (Å²) < 4.78 is 3.91. The third-order valence-electron chi connectivity index (χ3n) is 5.71. The van der Waals surface area contributed by atoms with Gasteiger partial charge in [0, 0.05) is 44.2 Å². The maximum absolute atomic E-state index is 13.1. The zero-order chi connectivity index (χ0) is 20.0. The van der Waals surface area contributed by atoms with E-state index in [1.165, 1.54) is 0 Å². The summed E-state index contributed by atoms with van der Waals surface area (Å²) in [5.41, 5.74) is 5.13. The van der Waals surface area contributed by atoms with Crippen LogP contribution in [0.5, 0.6) is 0 Å². The number of aromatic amines is 1. The van der Waals surface area contributed by atoms with Crippen LogP contribution in [0.2, 0.25) is 0 Å². The summed E-state index contributed by atoms with van der Waals surface area (Å²) in [6.45, 7) is 3.79. The second kappa shape index (κ2) is 6.88. The number of nitrogens with zero attached hydrogens (tertiary/aromatic N) is 6. The number of H-pyrrole nitrogens is 1. The fourth-order valence-corrected chi connectivity index (χ4v) is 4.24. The van der Waals surface area contributed by atoms with Crippen LogP contribution in [0.1, 0.15) is 35.1 Å². The molecular weight excluding hydrogens is 366 g/mol. The van der Waals surface area contributed by atoms with Gasteiger partial charge in [-0.05, 0) is 19.1 Å². The van der Waals surface area contributed by atoms with Gasteiger partial charge in [0.05, 0.1) is 41.5 Å². The highest BCUT2D eigenvalue weighted by molar-refractivity contribution is 5.78. The molecule has 29 heavy (non-hydrogen) atoms. The molecule has 5 rings (SSSR count). The number of hydrogen-bond donors (Lipinski definition) is 1. The van der Waals surface area contributed by atoms with E-state index in [9.17, 15) is 4.79 Å². The third-order valence-corrected chi connectivity index (χ3v) is 5.71. The van der Waals surface area contributed by atoms with Gasteiger partial charge in [0.25, 0.3) is 0 Å². The van der Waals surface area contributed by atoms with E-state index < -0.39 is 0 Å². The maximum atomic E-state index is 13.1. The highest BCUT2D eigenvalue weighted by Gasteiger charge is 2.31. The van der Waals surface area contributed by atoms with Crippen LogP contribution in [0.15, 0.2) is 43.0 Å². The molecule has 0 aliphatic carbocycles. The Bertz CT molecular complexity index is 1180. The Hall–Kier alpha value is -3.42. The first-order valence-corrected chi connectivity index (χ1v) is 9.80. The van der Waals surface area contributed by atoms with Crippen molar-refractivity contribution in [3.8, 4) is 0 Å². The number of carbonyl (C=O) groups excluding carboxylic acids is 1. The van der Waals surface area contributed by atoms with Crippen molar-refractivity contribution < 1.29 is 4.79 Å². The lowest BCUT2D eigenvalue weighted by atomic mass is 9.93. The van der Waals surface area contributed by atoms with E-state index in [4.69, 9.17) is 0 Å². The number of carbonyl (C=O) groups is 1. The number of rotatable bonds is 4. The first kappa shape index (κ1) is 17.7. The summed E-state index contributed by atoms with van der Waals surface area (Å²) in [7, 11) is 1.90. The zero-order valence-electron chi connectivity index (χ0n) is 16.5. The van der Waals surface area contributed by atoms with Gasteiger partial charge < -0.3 is 14.5 Å². The number of amides is 1. The molecule has 0 bridgehead atoms. The molecule has 0 radical (unpaired) electrons. The van der Waals surface area contributed by atoms with Crippen LogP contribution in [0.25, 0.3) is 11.0 Å². The number of imidazole rings is 2. The van der Waals surface area contributed by atoms with Crippen LogP contribution in [-0.2, 0) is 24.9 Å². The second-order valence-electron chi connectivity index (χ2n) is 7.59. The molecule has 0 saturated heterocycles. The monoisotopic (exact) mass is 389 g/mol. The fraction of sp³-hybridized carbons (Fsp3) is 0.333. The lowest BCUT2D eigenvalue weighted by molar-refractivity contribution is -0.132. The van der Waals surface area contributed by atoms with Gasteiger partial charge in [0.2, 0.25) is 5.91 Å². The van der Waals surface area contributed by atoms with Gasteiger partial charge in [-0.15, -0.1) is 0 Å². The van der Waals surface area contributed by atoms with E-state index in [1.54, 1.807) is 11.0 Å². The Morgan fingerprint density at radius 1 is 1.31 bits per heavy atom. The Morgan fingerprint density at radius 2 is 2.17 bits per heavy atom. The largest absolute Gasteiger partial charge is 0.347 e. The molecule has 1 aromatic carbocycles. The van der Waals surface area contributed by atoms with E-state index >= 15 is 0 Å². The van der Waals surface area contributed by atoms with Crippen LogP contribution in [0.4, 0.5) is 0 Å². The van der Waals surface area contributed by atoms with Gasteiger partial charge in [-0.25, -0.2) is 9.97 Å². The summed E-state index contributed by atoms with van der Waals surface area (Å²) in [5.74, 6) is 1.11. The van der Waals surface area contributed by atoms with Crippen molar-refractivity contribution in [2.24, 2.45) is 7.05 Å². The van der Waals surface area contributed by atoms with E-state index in [2.05, 4.69) is 30.7 Å². The molecule has 0 spiro atoms. The topological polar surface area (TPSA) is 84.6 Å². The summed E-state index contributed by atoms with van der Waals surface area (Å²) in [6, 6.07) is 8.04. The normalized spacial score (nSPS) is 16.3. The maximum Gasteiger partial charge on any atom is 0.224 e.